The summed E-state index contributed by atoms with van der Waals surface area (Å²) in [5.74, 6) is 7.28. The molecule has 194 valence electrons. The van der Waals surface area contributed by atoms with Crippen LogP contribution in [0.1, 0.15) is 21.5 Å². The van der Waals surface area contributed by atoms with Gasteiger partial charge >= 0.3 is 0 Å². The lowest BCUT2D eigenvalue weighted by molar-refractivity contribution is -0.127. The highest BCUT2D eigenvalue weighted by atomic mass is 16.5. The van der Waals surface area contributed by atoms with Gasteiger partial charge in [-0.25, -0.2) is 0 Å². The van der Waals surface area contributed by atoms with Crippen molar-refractivity contribution in [1.29, 1.82) is 0 Å². The SMILES string of the molecule is COc1cc(C(=O)N2CCN(C(=O)/C=C(/C#Cc3ccccc3)c3ccccc3)CC2)cc(OC)c1OC. The predicted molar refractivity (Wildman–Crippen MR) is 146 cm³/mol. The first-order chi connectivity index (χ1) is 18.5. The van der Waals surface area contributed by atoms with E-state index in [1.807, 2.05) is 60.7 Å². The van der Waals surface area contributed by atoms with Crippen molar-refractivity contribution < 1.29 is 23.8 Å². The summed E-state index contributed by atoms with van der Waals surface area (Å²) in [6.07, 6.45) is 1.59. The van der Waals surface area contributed by atoms with Crippen LogP contribution in [-0.2, 0) is 4.79 Å². The van der Waals surface area contributed by atoms with E-state index in [1.165, 1.54) is 21.3 Å². The fourth-order valence-electron chi connectivity index (χ4n) is 4.20. The van der Waals surface area contributed by atoms with Crippen molar-refractivity contribution in [1.82, 2.24) is 9.80 Å². The maximum atomic E-state index is 13.2. The number of amides is 2. The van der Waals surface area contributed by atoms with Crippen molar-refractivity contribution in [2.45, 2.75) is 0 Å². The lowest BCUT2D eigenvalue weighted by Crippen LogP contribution is -2.50. The van der Waals surface area contributed by atoms with Crippen LogP contribution in [0.3, 0.4) is 0 Å². The number of ether oxygens (including phenoxy) is 3. The third-order valence-corrected chi connectivity index (χ3v) is 6.26. The molecule has 3 aromatic carbocycles. The zero-order valence-corrected chi connectivity index (χ0v) is 21.8. The van der Waals surface area contributed by atoms with Gasteiger partial charge in [0.15, 0.2) is 11.5 Å². The molecule has 1 aliphatic rings. The minimum absolute atomic E-state index is 0.133. The van der Waals surface area contributed by atoms with Crippen LogP contribution in [-0.4, -0.2) is 69.1 Å². The van der Waals surface area contributed by atoms with Crippen LogP contribution >= 0.6 is 0 Å². The molecule has 0 unspecified atom stereocenters. The van der Waals surface area contributed by atoms with Gasteiger partial charge in [-0.1, -0.05) is 60.4 Å². The molecule has 0 aliphatic carbocycles. The highest BCUT2D eigenvalue weighted by molar-refractivity contribution is 5.99. The van der Waals surface area contributed by atoms with Gasteiger partial charge in [-0.3, -0.25) is 9.59 Å². The van der Waals surface area contributed by atoms with Gasteiger partial charge in [0.2, 0.25) is 11.7 Å². The Morgan fingerprint density at radius 2 is 1.29 bits per heavy atom. The Morgan fingerprint density at radius 3 is 1.84 bits per heavy atom. The first-order valence-electron chi connectivity index (χ1n) is 12.3. The lowest BCUT2D eigenvalue weighted by atomic mass is 10.0. The molecule has 3 aromatic rings. The molecule has 2 amide bonds. The van der Waals surface area contributed by atoms with Crippen LogP contribution in [0.25, 0.3) is 5.57 Å². The largest absolute Gasteiger partial charge is 0.493 e. The molecule has 38 heavy (non-hydrogen) atoms. The summed E-state index contributed by atoms with van der Waals surface area (Å²) in [6.45, 7) is 1.65. The van der Waals surface area contributed by atoms with Gasteiger partial charge < -0.3 is 24.0 Å². The van der Waals surface area contributed by atoms with E-state index < -0.39 is 0 Å². The molecule has 0 bridgehead atoms. The number of hydrogen-bond donors (Lipinski definition) is 0. The molecule has 1 saturated heterocycles. The van der Waals surface area contributed by atoms with Crippen molar-refractivity contribution >= 4 is 17.4 Å². The van der Waals surface area contributed by atoms with Crippen molar-refractivity contribution in [2.75, 3.05) is 47.5 Å². The molecule has 1 fully saturated rings. The highest BCUT2D eigenvalue weighted by Crippen LogP contribution is 2.38. The average Bonchev–Trinajstić information content (AvgIpc) is 2.98. The molecule has 1 aliphatic heterocycles. The first kappa shape index (κ1) is 26.4. The predicted octanol–water partition coefficient (Wildman–Crippen LogP) is 4.13. The summed E-state index contributed by atoms with van der Waals surface area (Å²) in [7, 11) is 4.54. The zero-order chi connectivity index (χ0) is 26.9. The van der Waals surface area contributed by atoms with Crippen molar-refractivity contribution in [3.8, 4) is 29.1 Å². The molecule has 7 nitrogen and oxygen atoms in total. The topological polar surface area (TPSA) is 68.3 Å². The van der Waals surface area contributed by atoms with E-state index in [2.05, 4.69) is 11.8 Å². The lowest BCUT2D eigenvalue weighted by Gasteiger charge is -2.34. The van der Waals surface area contributed by atoms with Gasteiger partial charge in [0.25, 0.3) is 5.91 Å². The minimum atomic E-state index is -0.161. The Labute approximate surface area is 223 Å². The smallest absolute Gasteiger partial charge is 0.254 e. The molecular weight excluding hydrogens is 480 g/mol. The molecule has 0 aromatic heterocycles. The van der Waals surface area contributed by atoms with Crippen molar-refractivity contribution in [3.63, 3.8) is 0 Å². The second-order valence-electron chi connectivity index (χ2n) is 8.57. The number of carbonyl (C=O) groups excluding carboxylic acids is 2. The Kier molecular flexibility index (Phi) is 8.68. The number of carbonyl (C=O) groups is 2. The van der Waals surface area contributed by atoms with Gasteiger partial charge in [-0.05, 0) is 29.8 Å². The van der Waals surface area contributed by atoms with Crippen LogP contribution < -0.4 is 14.2 Å². The number of nitrogens with zero attached hydrogens (tertiary/aromatic N) is 2. The number of benzene rings is 3. The van der Waals surface area contributed by atoms with Crippen molar-refractivity contribution in [3.05, 3.63) is 95.6 Å². The Morgan fingerprint density at radius 1 is 0.737 bits per heavy atom. The Bertz CT molecular complexity index is 1340. The molecule has 0 saturated carbocycles. The quantitative estimate of drug-likeness (QED) is 0.369. The standard InChI is InChI=1S/C31H30N2O5/c1-36-27-20-26(21-28(37-2)30(27)38-3)31(35)33-18-16-32(17-19-33)29(34)22-25(24-12-8-5-9-13-24)15-14-23-10-6-4-7-11-23/h4-13,20-22H,16-19H2,1-3H3/b25-22-. The molecule has 0 radical (unpaired) electrons. The molecule has 1 heterocycles. The summed E-state index contributed by atoms with van der Waals surface area (Å²) < 4.78 is 16.1. The second kappa shape index (κ2) is 12.5. The summed E-state index contributed by atoms with van der Waals surface area (Å²) >= 11 is 0. The second-order valence-corrected chi connectivity index (χ2v) is 8.57. The van der Waals surface area contributed by atoms with E-state index in [0.29, 0.717) is 54.6 Å². The van der Waals surface area contributed by atoms with Crippen LogP contribution in [0.5, 0.6) is 17.2 Å². The zero-order valence-electron chi connectivity index (χ0n) is 21.8. The first-order valence-corrected chi connectivity index (χ1v) is 12.3. The van der Waals surface area contributed by atoms with Gasteiger partial charge in [-0.15, -0.1) is 0 Å². The Balaban J connectivity index is 1.48. The van der Waals surface area contributed by atoms with Gasteiger partial charge in [0.1, 0.15) is 0 Å². The molecule has 0 N–H and O–H groups in total. The average molecular weight is 511 g/mol. The third kappa shape index (κ3) is 6.16. The van der Waals surface area contributed by atoms with E-state index >= 15 is 0 Å². The van der Waals surface area contributed by atoms with E-state index in [1.54, 1.807) is 28.0 Å². The Hall–Kier alpha value is -4.70. The number of allylic oxidation sites excluding steroid dienone is 1. The summed E-state index contributed by atoms with van der Waals surface area (Å²) in [5, 5.41) is 0. The van der Waals surface area contributed by atoms with Gasteiger partial charge in [0.05, 0.1) is 21.3 Å². The van der Waals surface area contributed by atoms with Gasteiger partial charge in [-0.2, -0.15) is 0 Å². The molecule has 7 heteroatoms. The summed E-state index contributed by atoms with van der Waals surface area (Å²) in [4.78, 5) is 29.9. The molecule has 0 atom stereocenters. The highest BCUT2D eigenvalue weighted by Gasteiger charge is 2.26. The number of rotatable bonds is 6. The minimum Gasteiger partial charge on any atom is -0.493 e. The van der Waals surface area contributed by atoms with E-state index in [0.717, 1.165) is 11.1 Å². The summed E-state index contributed by atoms with van der Waals surface area (Å²) in [5.41, 5.74) is 2.83. The van der Waals surface area contributed by atoms with Crippen molar-refractivity contribution in [2.24, 2.45) is 0 Å². The van der Waals surface area contributed by atoms with E-state index in [9.17, 15) is 9.59 Å². The maximum absolute atomic E-state index is 13.2. The molecule has 0 spiro atoms. The fraction of sp³-hybridized carbons (Fsp3) is 0.226. The number of methoxy groups -OCH3 is 3. The van der Waals surface area contributed by atoms with Crippen LogP contribution in [0, 0.1) is 11.8 Å². The summed E-state index contributed by atoms with van der Waals surface area (Å²) in [6, 6.07) is 22.6. The number of hydrogen-bond acceptors (Lipinski definition) is 5. The van der Waals surface area contributed by atoms with E-state index in [4.69, 9.17) is 14.2 Å². The van der Waals surface area contributed by atoms with Gasteiger partial charge in [0, 0.05) is 49.0 Å². The van der Waals surface area contributed by atoms with Crippen LogP contribution in [0.2, 0.25) is 0 Å². The van der Waals surface area contributed by atoms with E-state index in [-0.39, 0.29) is 11.8 Å². The molecular formula is C31H30N2O5. The third-order valence-electron chi connectivity index (χ3n) is 6.26. The number of piperazine rings is 1. The monoisotopic (exact) mass is 510 g/mol. The maximum Gasteiger partial charge on any atom is 0.254 e. The van der Waals surface area contributed by atoms with Crippen LogP contribution in [0.15, 0.2) is 78.9 Å². The normalized spacial score (nSPS) is 13.3. The fourth-order valence-corrected chi connectivity index (χ4v) is 4.20. The molecule has 4 rings (SSSR count). The van der Waals surface area contributed by atoms with Crippen LogP contribution in [0.4, 0.5) is 0 Å².